The molecular weight excluding hydrogens is 268 g/mol. The molecule has 0 saturated heterocycles. The van der Waals surface area contributed by atoms with Gasteiger partial charge in [-0.25, -0.2) is 4.79 Å². The fourth-order valence-electron chi connectivity index (χ4n) is 2.40. The number of carboxylic acid groups (broad SMARTS) is 1. The minimum atomic E-state index is -1.06. The van der Waals surface area contributed by atoms with Crippen LogP contribution in [0.15, 0.2) is 18.2 Å². The van der Waals surface area contributed by atoms with Crippen LogP contribution in [-0.4, -0.2) is 26.0 Å². The van der Waals surface area contributed by atoms with E-state index in [0.717, 1.165) is 16.7 Å². The standard InChI is InChI=1S/C16H20N2O3/c1-9-6-11(16(2,3)4)14(19)7-10(9)13-8-12(15(20)21)17-18(13)5/h6-8,19H,1-5H3,(H,20,21). The van der Waals surface area contributed by atoms with Gasteiger partial charge in [-0.2, -0.15) is 5.10 Å². The third-order valence-electron chi connectivity index (χ3n) is 3.53. The van der Waals surface area contributed by atoms with E-state index in [2.05, 4.69) is 5.10 Å². The Morgan fingerprint density at radius 1 is 1.24 bits per heavy atom. The largest absolute Gasteiger partial charge is 0.508 e. The van der Waals surface area contributed by atoms with Gasteiger partial charge in [-0.05, 0) is 35.6 Å². The molecule has 0 unspecified atom stereocenters. The molecule has 5 heteroatoms. The fourth-order valence-corrected chi connectivity index (χ4v) is 2.40. The van der Waals surface area contributed by atoms with Gasteiger partial charge < -0.3 is 10.2 Å². The predicted molar refractivity (Wildman–Crippen MR) is 80.7 cm³/mol. The molecule has 0 spiro atoms. The molecule has 2 aromatic rings. The zero-order chi connectivity index (χ0) is 15.9. The van der Waals surface area contributed by atoms with Gasteiger partial charge in [0, 0.05) is 12.6 Å². The number of phenols is 1. The number of rotatable bonds is 2. The van der Waals surface area contributed by atoms with Gasteiger partial charge in [0.15, 0.2) is 5.69 Å². The minimum absolute atomic E-state index is 0.00807. The van der Waals surface area contributed by atoms with Crippen molar-refractivity contribution in [1.82, 2.24) is 9.78 Å². The van der Waals surface area contributed by atoms with E-state index in [1.807, 2.05) is 33.8 Å². The van der Waals surface area contributed by atoms with Crippen LogP contribution in [0.5, 0.6) is 5.75 Å². The first-order chi connectivity index (χ1) is 9.61. The molecule has 0 amide bonds. The van der Waals surface area contributed by atoms with E-state index >= 15 is 0 Å². The Morgan fingerprint density at radius 2 is 1.86 bits per heavy atom. The van der Waals surface area contributed by atoms with E-state index < -0.39 is 5.97 Å². The molecule has 1 aromatic carbocycles. The third-order valence-corrected chi connectivity index (χ3v) is 3.53. The van der Waals surface area contributed by atoms with Crippen LogP contribution in [0.3, 0.4) is 0 Å². The summed E-state index contributed by atoms with van der Waals surface area (Å²) in [4.78, 5) is 11.0. The van der Waals surface area contributed by atoms with Crippen LogP contribution in [0, 0.1) is 6.92 Å². The summed E-state index contributed by atoms with van der Waals surface area (Å²) >= 11 is 0. The van der Waals surface area contributed by atoms with Crippen molar-refractivity contribution in [3.8, 4) is 17.0 Å². The molecule has 2 rings (SSSR count). The van der Waals surface area contributed by atoms with E-state index in [1.165, 1.54) is 10.7 Å². The van der Waals surface area contributed by atoms with E-state index in [4.69, 9.17) is 5.11 Å². The Bertz CT molecular complexity index is 709. The quantitative estimate of drug-likeness (QED) is 0.890. The smallest absolute Gasteiger partial charge is 0.356 e. The van der Waals surface area contributed by atoms with Crippen molar-refractivity contribution in [2.24, 2.45) is 7.05 Å². The van der Waals surface area contributed by atoms with Crippen LogP contribution in [0.2, 0.25) is 0 Å². The lowest BCUT2D eigenvalue weighted by molar-refractivity contribution is 0.0689. The Kier molecular flexibility index (Phi) is 3.53. The number of benzene rings is 1. The summed E-state index contributed by atoms with van der Waals surface area (Å²) in [5.74, 6) is -0.855. The molecule has 0 aliphatic heterocycles. The van der Waals surface area contributed by atoms with Crippen LogP contribution >= 0.6 is 0 Å². The number of hydrogen-bond acceptors (Lipinski definition) is 3. The summed E-state index contributed by atoms with van der Waals surface area (Å²) in [6.07, 6.45) is 0. The molecule has 0 fully saturated rings. The molecular formula is C16H20N2O3. The summed E-state index contributed by atoms with van der Waals surface area (Å²) in [6, 6.07) is 5.14. The fraction of sp³-hybridized carbons (Fsp3) is 0.375. The number of aromatic nitrogens is 2. The maximum absolute atomic E-state index is 11.0. The highest BCUT2D eigenvalue weighted by molar-refractivity contribution is 5.87. The number of phenolic OH excluding ortho intramolecular Hbond substituents is 1. The summed E-state index contributed by atoms with van der Waals surface area (Å²) in [7, 11) is 1.69. The topological polar surface area (TPSA) is 75.3 Å². The van der Waals surface area contributed by atoms with Crippen molar-refractivity contribution in [2.75, 3.05) is 0 Å². The molecule has 1 aromatic heterocycles. The van der Waals surface area contributed by atoms with Crippen LogP contribution in [0.1, 0.15) is 42.4 Å². The van der Waals surface area contributed by atoms with E-state index in [9.17, 15) is 9.90 Å². The molecule has 0 atom stereocenters. The molecule has 2 N–H and O–H groups in total. The maximum atomic E-state index is 11.0. The van der Waals surface area contributed by atoms with E-state index in [-0.39, 0.29) is 16.9 Å². The normalized spacial score (nSPS) is 11.7. The van der Waals surface area contributed by atoms with Gasteiger partial charge in [-0.1, -0.05) is 26.8 Å². The molecule has 21 heavy (non-hydrogen) atoms. The molecule has 5 nitrogen and oxygen atoms in total. The monoisotopic (exact) mass is 288 g/mol. The second kappa shape index (κ2) is 4.91. The Morgan fingerprint density at radius 3 is 2.33 bits per heavy atom. The van der Waals surface area contributed by atoms with Gasteiger partial charge in [-0.15, -0.1) is 0 Å². The number of aromatic hydroxyl groups is 1. The van der Waals surface area contributed by atoms with Gasteiger partial charge in [-0.3, -0.25) is 4.68 Å². The molecule has 0 bridgehead atoms. The number of aryl methyl sites for hydroxylation is 2. The van der Waals surface area contributed by atoms with Crippen molar-refractivity contribution in [2.45, 2.75) is 33.1 Å². The Hall–Kier alpha value is -2.30. The number of hydrogen-bond donors (Lipinski definition) is 2. The molecule has 112 valence electrons. The number of carboxylic acids is 1. The zero-order valence-corrected chi connectivity index (χ0v) is 12.9. The van der Waals surface area contributed by atoms with Crippen molar-refractivity contribution in [1.29, 1.82) is 0 Å². The van der Waals surface area contributed by atoms with Crippen molar-refractivity contribution >= 4 is 5.97 Å². The van der Waals surface area contributed by atoms with Crippen molar-refractivity contribution in [3.63, 3.8) is 0 Å². The molecule has 0 aliphatic carbocycles. The molecule has 0 saturated carbocycles. The van der Waals surface area contributed by atoms with Gasteiger partial charge in [0.1, 0.15) is 5.75 Å². The summed E-state index contributed by atoms with van der Waals surface area (Å²) in [5, 5.41) is 23.3. The Labute approximate surface area is 123 Å². The first kappa shape index (κ1) is 15.1. The predicted octanol–water partition coefficient (Wildman–Crippen LogP) is 3.10. The summed E-state index contributed by atoms with van der Waals surface area (Å²) in [6.45, 7) is 8.05. The summed E-state index contributed by atoms with van der Waals surface area (Å²) < 4.78 is 1.52. The number of nitrogens with zero attached hydrogens (tertiary/aromatic N) is 2. The highest BCUT2D eigenvalue weighted by Crippen LogP contribution is 2.36. The average Bonchev–Trinajstić information content (AvgIpc) is 2.72. The minimum Gasteiger partial charge on any atom is -0.508 e. The van der Waals surface area contributed by atoms with Crippen molar-refractivity contribution < 1.29 is 15.0 Å². The van der Waals surface area contributed by atoms with Crippen LogP contribution in [-0.2, 0) is 12.5 Å². The summed E-state index contributed by atoms with van der Waals surface area (Å²) in [5.41, 5.74) is 3.11. The number of carbonyl (C=O) groups is 1. The molecule has 1 heterocycles. The lowest BCUT2D eigenvalue weighted by atomic mass is 9.84. The van der Waals surface area contributed by atoms with Crippen LogP contribution < -0.4 is 0 Å². The first-order valence-corrected chi connectivity index (χ1v) is 6.73. The first-order valence-electron chi connectivity index (χ1n) is 6.73. The maximum Gasteiger partial charge on any atom is 0.356 e. The lowest BCUT2D eigenvalue weighted by Crippen LogP contribution is -2.12. The third kappa shape index (κ3) is 2.77. The van der Waals surface area contributed by atoms with Crippen LogP contribution in [0.25, 0.3) is 11.3 Å². The number of aromatic carboxylic acids is 1. The van der Waals surface area contributed by atoms with Gasteiger partial charge >= 0.3 is 5.97 Å². The van der Waals surface area contributed by atoms with Gasteiger partial charge in [0.25, 0.3) is 0 Å². The van der Waals surface area contributed by atoms with Gasteiger partial charge in [0.2, 0.25) is 0 Å². The molecule has 0 aliphatic rings. The highest BCUT2D eigenvalue weighted by atomic mass is 16.4. The van der Waals surface area contributed by atoms with Crippen molar-refractivity contribution in [3.05, 3.63) is 35.0 Å². The second-order valence-electron chi connectivity index (χ2n) is 6.28. The Balaban J connectivity index is 2.61. The second-order valence-corrected chi connectivity index (χ2v) is 6.28. The zero-order valence-electron chi connectivity index (χ0n) is 12.9. The van der Waals surface area contributed by atoms with Crippen LogP contribution in [0.4, 0.5) is 0 Å². The van der Waals surface area contributed by atoms with E-state index in [0.29, 0.717) is 5.69 Å². The molecule has 0 radical (unpaired) electrons. The van der Waals surface area contributed by atoms with Gasteiger partial charge in [0.05, 0.1) is 5.69 Å². The van der Waals surface area contributed by atoms with E-state index in [1.54, 1.807) is 13.1 Å². The SMILES string of the molecule is Cc1cc(C(C)(C)C)c(O)cc1-c1cc(C(=O)O)nn1C. The lowest BCUT2D eigenvalue weighted by Gasteiger charge is -2.22. The highest BCUT2D eigenvalue weighted by Gasteiger charge is 2.21. The average molecular weight is 288 g/mol.